The van der Waals surface area contributed by atoms with Gasteiger partial charge in [0.15, 0.2) is 0 Å². The number of nitrogens with zero attached hydrogens (tertiary/aromatic N) is 2. The molecule has 2 heterocycles. The Balaban J connectivity index is 1.55. The van der Waals surface area contributed by atoms with Crippen LogP contribution in [0.25, 0.3) is 0 Å². The van der Waals surface area contributed by atoms with E-state index in [9.17, 15) is 13.2 Å². The summed E-state index contributed by atoms with van der Waals surface area (Å²) in [6.07, 6.45) is -2.60. The number of piperazine rings is 1. The maximum Gasteiger partial charge on any atom is 0.416 e. The summed E-state index contributed by atoms with van der Waals surface area (Å²) in [4.78, 5) is 4.76. The number of ether oxygens (including phenoxy) is 1. The van der Waals surface area contributed by atoms with Crippen LogP contribution in [0, 0.1) is 0 Å². The molecule has 1 atom stereocenters. The molecule has 28 heavy (non-hydrogen) atoms. The Kier molecular flexibility index (Phi) is 5.34. The first kappa shape index (κ1) is 19.3. The third kappa shape index (κ3) is 4.03. The van der Waals surface area contributed by atoms with Gasteiger partial charge in [0.25, 0.3) is 0 Å². The highest BCUT2D eigenvalue weighted by atomic mass is 19.4. The van der Waals surface area contributed by atoms with Gasteiger partial charge < -0.3 is 14.5 Å². The summed E-state index contributed by atoms with van der Waals surface area (Å²) in [6, 6.07) is 11.5. The lowest BCUT2D eigenvalue weighted by molar-refractivity contribution is -0.137. The van der Waals surface area contributed by atoms with Crippen LogP contribution in [0.5, 0.6) is 11.5 Å². The molecule has 0 N–H and O–H groups in total. The minimum Gasteiger partial charge on any atom is -0.457 e. The van der Waals surface area contributed by atoms with Crippen LogP contribution in [0.4, 0.5) is 13.2 Å². The summed E-state index contributed by atoms with van der Waals surface area (Å²) < 4.78 is 45.7. The van der Waals surface area contributed by atoms with Crippen LogP contribution < -0.4 is 4.74 Å². The highest BCUT2D eigenvalue weighted by Gasteiger charge is 2.34. The number of halogens is 3. The Morgan fingerprint density at radius 1 is 0.964 bits per heavy atom. The smallest absolute Gasteiger partial charge is 0.416 e. The lowest BCUT2D eigenvalue weighted by Gasteiger charge is -2.33. The molecule has 0 aliphatic carbocycles. The fourth-order valence-corrected chi connectivity index (χ4v) is 4.14. The normalized spacial score (nSPS) is 20.4. The molecule has 2 aromatic rings. The predicted octanol–water partition coefficient (Wildman–Crippen LogP) is 4.97. The van der Waals surface area contributed by atoms with Crippen molar-refractivity contribution in [1.82, 2.24) is 9.80 Å². The number of likely N-dealkylation sites (N-methyl/N-ethyl adjacent to an activating group) is 1. The second-order valence-corrected chi connectivity index (χ2v) is 7.73. The zero-order chi connectivity index (χ0) is 19.7. The van der Waals surface area contributed by atoms with E-state index < -0.39 is 11.7 Å². The van der Waals surface area contributed by atoms with Gasteiger partial charge in [0.2, 0.25) is 0 Å². The van der Waals surface area contributed by atoms with E-state index in [2.05, 4.69) is 16.8 Å². The van der Waals surface area contributed by atoms with Crippen LogP contribution in [0.3, 0.4) is 0 Å². The molecule has 1 saturated heterocycles. The Labute approximate surface area is 163 Å². The van der Waals surface area contributed by atoms with E-state index in [-0.39, 0.29) is 5.92 Å². The van der Waals surface area contributed by atoms with Gasteiger partial charge in [-0.25, -0.2) is 0 Å². The number of hydrogen-bond acceptors (Lipinski definition) is 3. The van der Waals surface area contributed by atoms with Crippen LogP contribution in [-0.4, -0.2) is 49.6 Å². The molecule has 2 aromatic carbocycles. The van der Waals surface area contributed by atoms with Crippen LogP contribution in [0.15, 0.2) is 42.5 Å². The SMILES string of the molecule is CN1CCN(CCCC2c3ccccc3Oc3ccc(C(F)(F)F)cc32)CC1. The molecule has 4 rings (SSSR count). The summed E-state index contributed by atoms with van der Waals surface area (Å²) in [7, 11) is 2.13. The highest BCUT2D eigenvalue weighted by molar-refractivity contribution is 5.54. The van der Waals surface area contributed by atoms with Gasteiger partial charge in [0.1, 0.15) is 11.5 Å². The second kappa shape index (κ2) is 7.76. The molecule has 2 aliphatic rings. The molecule has 2 aliphatic heterocycles. The van der Waals surface area contributed by atoms with E-state index in [1.165, 1.54) is 12.1 Å². The monoisotopic (exact) mass is 390 g/mol. The largest absolute Gasteiger partial charge is 0.457 e. The summed E-state index contributed by atoms with van der Waals surface area (Å²) in [5, 5.41) is 0. The van der Waals surface area contributed by atoms with Gasteiger partial charge in [-0.3, -0.25) is 0 Å². The molecule has 0 aromatic heterocycles. The Hall–Kier alpha value is -2.05. The van der Waals surface area contributed by atoms with Gasteiger partial charge in [0, 0.05) is 43.2 Å². The van der Waals surface area contributed by atoms with Crippen molar-refractivity contribution in [2.24, 2.45) is 0 Å². The Morgan fingerprint density at radius 3 is 2.43 bits per heavy atom. The van der Waals surface area contributed by atoms with E-state index in [1.54, 1.807) is 0 Å². The quantitative estimate of drug-likeness (QED) is 0.733. The number of hydrogen-bond donors (Lipinski definition) is 0. The minimum absolute atomic E-state index is 0.0743. The summed E-state index contributed by atoms with van der Waals surface area (Å²) in [5.74, 6) is 1.21. The first-order valence-corrected chi connectivity index (χ1v) is 9.80. The lowest BCUT2D eigenvalue weighted by atomic mass is 9.84. The van der Waals surface area contributed by atoms with Gasteiger partial charge in [0.05, 0.1) is 5.56 Å². The lowest BCUT2D eigenvalue weighted by Crippen LogP contribution is -2.44. The molecule has 0 spiro atoms. The average molecular weight is 390 g/mol. The molecule has 150 valence electrons. The standard InChI is InChI=1S/C22H25F3N2O/c1-26-11-13-27(14-12-26)10-4-6-17-18-5-2-3-7-20(18)28-21-9-8-16(15-19(17)21)22(23,24)25/h2-3,5,7-9,15,17H,4,6,10-14H2,1H3. The van der Waals surface area contributed by atoms with Crippen molar-refractivity contribution in [3.63, 3.8) is 0 Å². The fraction of sp³-hybridized carbons (Fsp3) is 0.455. The Morgan fingerprint density at radius 2 is 1.68 bits per heavy atom. The number of rotatable bonds is 4. The minimum atomic E-state index is -4.35. The van der Waals surface area contributed by atoms with E-state index in [1.807, 2.05) is 24.3 Å². The van der Waals surface area contributed by atoms with Gasteiger partial charge >= 0.3 is 6.18 Å². The molecule has 0 radical (unpaired) electrons. The molecule has 6 heteroatoms. The zero-order valence-corrected chi connectivity index (χ0v) is 16.0. The molecule has 0 saturated carbocycles. The van der Waals surface area contributed by atoms with E-state index in [4.69, 9.17) is 4.74 Å². The number of alkyl halides is 3. The molecular formula is C22H25F3N2O. The van der Waals surface area contributed by atoms with Gasteiger partial charge in [-0.1, -0.05) is 18.2 Å². The van der Waals surface area contributed by atoms with Crippen molar-refractivity contribution in [1.29, 1.82) is 0 Å². The molecule has 0 amide bonds. The van der Waals surface area contributed by atoms with Crippen molar-refractivity contribution in [3.05, 3.63) is 59.2 Å². The first-order chi connectivity index (χ1) is 13.4. The van der Waals surface area contributed by atoms with Gasteiger partial charge in [-0.15, -0.1) is 0 Å². The number of fused-ring (bicyclic) bond motifs is 2. The fourth-order valence-electron chi connectivity index (χ4n) is 4.14. The number of para-hydroxylation sites is 1. The van der Waals surface area contributed by atoms with Crippen molar-refractivity contribution in [2.75, 3.05) is 39.8 Å². The van der Waals surface area contributed by atoms with Crippen molar-refractivity contribution in [2.45, 2.75) is 24.9 Å². The third-order valence-electron chi connectivity index (χ3n) is 5.79. The topological polar surface area (TPSA) is 15.7 Å². The Bertz CT molecular complexity index is 829. The number of benzene rings is 2. The van der Waals surface area contributed by atoms with Gasteiger partial charge in [-0.05, 0) is 50.7 Å². The maximum absolute atomic E-state index is 13.3. The zero-order valence-electron chi connectivity index (χ0n) is 16.0. The summed E-state index contributed by atoms with van der Waals surface area (Å²) >= 11 is 0. The van der Waals surface area contributed by atoms with E-state index >= 15 is 0 Å². The van der Waals surface area contributed by atoms with Crippen molar-refractivity contribution < 1.29 is 17.9 Å². The first-order valence-electron chi connectivity index (χ1n) is 9.80. The average Bonchev–Trinajstić information content (AvgIpc) is 2.68. The molecule has 3 nitrogen and oxygen atoms in total. The third-order valence-corrected chi connectivity index (χ3v) is 5.79. The van der Waals surface area contributed by atoms with Crippen molar-refractivity contribution >= 4 is 0 Å². The van der Waals surface area contributed by atoms with Crippen molar-refractivity contribution in [3.8, 4) is 11.5 Å². The van der Waals surface area contributed by atoms with Crippen LogP contribution in [0.2, 0.25) is 0 Å². The van der Waals surface area contributed by atoms with E-state index in [0.29, 0.717) is 11.3 Å². The predicted molar refractivity (Wildman–Crippen MR) is 103 cm³/mol. The van der Waals surface area contributed by atoms with E-state index in [0.717, 1.165) is 62.9 Å². The van der Waals surface area contributed by atoms with Crippen LogP contribution in [-0.2, 0) is 6.18 Å². The summed E-state index contributed by atoms with van der Waals surface area (Å²) in [5.41, 5.74) is 1.01. The summed E-state index contributed by atoms with van der Waals surface area (Å²) in [6.45, 7) is 5.21. The maximum atomic E-state index is 13.3. The van der Waals surface area contributed by atoms with Crippen LogP contribution >= 0.6 is 0 Å². The molecule has 0 bridgehead atoms. The van der Waals surface area contributed by atoms with Crippen LogP contribution in [0.1, 0.15) is 35.4 Å². The highest BCUT2D eigenvalue weighted by Crippen LogP contribution is 2.47. The second-order valence-electron chi connectivity index (χ2n) is 7.73. The molecular weight excluding hydrogens is 365 g/mol. The molecule has 1 fully saturated rings. The van der Waals surface area contributed by atoms with Gasteiger partial charge in [-0.2, -0.15) is 13.2 Å². The molecule has 1 unspecified atom stereocenters.